The van der Waals surface area contributed by atoms with E-state index in [2.05, 4.69) is 15.5 Å². The number of amides is 2. The summed E-state index contributed by atoms with van der Waals surface area (Å²) in [4.78, 5) is 26.3. The van der Waals surface area contributed by atoms with E-state index in [1.165, 1.54) is 6.20 Å². The molecule has 0 radical (unpaired) electrons. The molecule has 1 aromatic carbocycles. The van der Waals surface area contributed by atoms with E-state index in [4.69, 9.17) is 9.47 Å². The molecule has 0 aliphatic carbocycles. The third kappa shape index (κ3) is 4.99. The number of aromatic amines is 1. The molecule has 0 saturated carbocycles. The highest BCUT2D eigenvalue weighted by Crippen LogP contribution is 2.25. The molecule has 1 aromatic heterocycles. The summed E-state index contributed by atoms with van der Waals surface area (Å²) in [5.41, 5.74) is 0.560. The zero-order valence-electron chi connectivity index (χ0n) is 15.3. The molecule has 0 unspecified atom stereocenters. The van der Waals surface area contributed by atoms with Gasteiger partial charge in [0.05, 0.1) is 18.9 Å². The zero-order valence-corrected chi connectivity index (χ0v) is 15.3. The summed E-state index contributed by atoms with van der Waals surface area (Å²) in [5.74, 6) is 1.12. The maximum Gasteiger partial charge on any atom is 0.257 e. The quantitative estimate of drug-likeness (QED) is 0.767. The number of rotatable bonds is 7. The molecule has 144 valence electrons. The monoisotopic (exact) mass is 372 g/mol. The molecule has 2 heterocycles. The van der Waals surface area contributed by atoms with E-state index in [1.807, 2.05) is 17.0 Å². The highest BCUT2D eigenvalue weighted by atomic mass is 16.5. The van der Waals surface area contributed by atoms with Crippen LogP contribution >= 0.6 is 0 Å². The van der Waals surface area contributed by atoms with Crippen LogP contribution in [-0.2, 0) is 4.79 Å². The molecular formula is C19H24N4O4. The molecule has 8 heteroatoms. The Kier molecular flexibility index (Phi) is 6.30. The van der Waals surface area contributed by atoms with Crippen LogP contribution in [0.5, 0.6) is 11.5 Å². The zero-order chi connectivity index (χ0) is 19.1. The number of methoxy groups -OCH3 is 1. The molecule has 2 amide bonds. The maximum atomic E-state index is 12.4. The number of hydrogen-bond acceptors (Lipinski definition) is 5. The van der Waals surface area contributed by atoms with Crippen LogP contribution in [0.15, 0.2) is 36.7 Å². The highest BCUT2D eigenvalue weighted by molar-refractivity contribution is 5.93. The fraction of sp³-hybridized carbons (Fsp3) is 0.421. The summed E-state index contributed by atoms with van der Waals surface area (Å²) < 4.78 is 10.7. The molecule has 1 aliphatic rings. The first kappa shape index (κ1) is 18.8. The van der Waals surface area contributed by atoms with E-state index in [0.717, 1.165) is 19.4 Å². The third-order valence-corrected chi connectivity index (χ3v) is 4.57. The molecule has 0 bridgehead atoms. The van der Waals surface area contributed by atoms with Gasteiger partial charge in [-0.2, -0.15) is 5.10 Å². The summed E-state index contributed by atoms with van der Waals surface area (Å²) in [6.07, 6.45) is 5.02. The van der Waals surface area contributed by atoms with Crippen LogP contribution in [0.3, 0.4) is 0 Å². The number of benzene rings is 1. The number of carbonyl (C=O) groups excluding carboxylic acids is 2. The predicted octanol–water partition coefficient (Wildman–Crippen LogP) is 1.47. The SMILES string of the molecule is COc1ccccc1OCC(=O)NC[C@@H]1CCCN(C(=O)c2cn[nH]c2)C1. The third-order valence-electron chi connectivity index (χ3n) is 4.57. The largest absolute Gasteiger partial charge is 0.493 e. The van der Waals surface area contributed by atoms with Crippen molar-refractivity contribution >= 4 is 11.8 Å². The minimum atomic E-state index is -0.195. The predicted molar refractivity (Wildman–Crippen MR) is 98.7 cm³/mol. The molecule has 8 nitrogen and oxygen atoms in total. The lowest BCUT2D eigenvalue weighted by Gasteiger charge is -2.32. The number of nitrogens with one attached hydrogen (secondary N) is 2. The van der Waals surface area contributed by atoms with Crippen molar-refractivity contribution in [2.24, 2.45) is 5.92 Å². The Morgan fingerprint density at radius 2 is 2.15 bits per heavy atom. The van der Waals surface area contributed by atoms with Crippen LogP contribution in [0.4, 0.5) is 0 Å². The summed E-state index contributed by atoms with van der Waals surface area (Å²) >= 11 is 0. The van der Waals surface area contributed by atoms with Gasteiger partial charge in [-0.05, 0) is 30.9 Å². The summed E-state index contributed by atoms with van der Waals surface area (Å²) in [6, 6.07) is 7.20. The van der Waals surface area contributed by atoms with Gasteiger partial charge in [-0.15, -0.1) is 0 Å². The average Bonchev–Trinajstić information content (AvgIpc) is 3.25. The Balaban J connectivity index is 1.44. The van der Waals surface area contributed by atoms with E-state index in [9.17, 15) is 9.59 Å². The lowest BCUT2D eigenvalue weighted by molar-refractivity contribution is -0.123. The molecule has 1 aliphatic heterocycles. The minimum absolute atomic E-state index is 0.0284. The molecule has 27 heavy (non-hydrogen) atoms. The second-order valence-electron chi connectivity index (χ2n) is 6.49. The van der Waals surface area contributed by atoms with Gasteiger partial charge in [0.25, 0.3) is 11.8 Å². The Hall–Kier alpha value is -3.03. The fourth-order valence-corrected chi connectivity index (χ4v) is 3.16. The Bertz CT molecular complexity index is 763. The number of aromatic nitrogens is 2. The van der Waals surface area contributed by atoms with Crippen molar-refractivity contribution in [3.05, 3.63) is 42.2 Å². The topological polar surface area (TPSA) is 96.6 Å². The second-order valence-corrected chi connectivity index (χ2v) is 6.49. The van der Waals surface area contributed by atoms with Crippen molar-refractivity contribution in [3.8, 4) is 11.5 Å². The van der Waals surface area contributed by atoms with Crippen molar-refractivity contribution < 1.29 is 19.1 Å². The number of piperidine rings is 1. The van der Waals surface area contributed by atoms with Crippen LogP contribution in [0.25, 0.3) is 0 Å². The van der Waals surface area contributed by atoms with E-state index in [1.54, 1.807) is 25.4 Å². The van der Waals surface area contributed by atoms with Crippen molar-refractivity contribution in [2.75, 3.05) is 33.4 Å². The molecular weight excluding hydrogens is 348 g/mol. The number of ether oxygens (including phenoxy) is 2. The molecule has 0 spiro atoms. The Morgan fingerprint density at radius 1 is 1.33 bits per heavy atom. The maximum absolute atomic E-state index is 12.4. The number of H-pyrrole nitrogens is 1. The molecule has 1 atom stereocenters. The first-order valence-corrected chi connectivity index (χ1v) is 8.98. The molecule has 3 rings (SSSR count). The van der Waals surface area contributed by atoms with Gasteiger partial charge in [-0.3, -0.25) is 14.7 Å². The van der Waals surface area contributed by atoms with Crippen molar-refractivity contribution in [2.45, 2.75) is 12.8 Å². The van der Waals surface area contributed by atoms with Crippen LogP contribution in [0.1, 0.15) is 23.2 Å². The van der Waals surface area contributed by atoms with Gasteiger partial charge in [0, 0.05) is 25.8 Å². The molecule has 2 N–H and O–H groups in total. The van der Waals surface area contributed by atoms with E-state index in [-0.39, 0.29) is 24.3 Å². The van der Waals surface area contributed by atoms with Gasteiger partial charge >= 0.3 is 0 Å². The molecule has 1 fully saturated rings. The van der Waals surface area contributed by atoms with Crippen LogP contribution in [0, 0.1) is 5.92 Å². The average molecular weight is 372 g/mol. The fourth-order valence-electron chi connectivity index (χ4n) is 3.16. The first-order chi connectivity index (χ1) is 13.2. The van der Waals surface area contributed by atoms with Gasteiger partial charge in [0.2, 0.25) is 0 Å². The van der Waals surface area contributed by atoms with Crippen LogP contribution < -0.4 is 14.8 Å². The first-order valence-electron chi connectivity index (χ1n) is 8.98. The standard InChI is InChI=1S/C19H24N4O4/c1-26-16-6-2-3-7-17(16)27-13-18(24)20-9-14-5-4-8-23(12-14)19(25)15-10-21-22-11-15/h2-3,6-7,10-11,14H,4-5,8-9,12-13H2,1H3,(H,20,24)(H,21,22)/t14-/m0/s1. The highest BCUT2D eigenvalue weighted by Gasteiger charge is 2.25. The summed E-state index contributed by atoms with van der Waals surface area (Å²) in [6.45, 7) is 1.79. The lowest BCUT2D eigenvalue weighted by atomic mass is 9.97. The number of nitrogens with zero attached hydrogens (tertiary/aromatic N) is 2. The Labute approximate surface area is 157 Å². The normalized spacial score (nSPS) is 16.6. The minimum Gasteiger partial charge on any atom is -0.493 e. The number of hydrogen-bond donors (Lipinski definition) is 2. The van der Waals surface area contributed by atoms with Crippen LogP contribution in [0.2, 0.25) is 0 Å². The lowest BCUT2D eigenvalue weighted by Crippen LogP contribution is -2.44. The number of para-hydroxylation sites is 2. The van der Waals surface area contributed by atoms with Gasteiger partial charge < -0.3 is 19.7 Å². The van der Waals surface area contributed by atoms with Gasteiger partial charge in [0.1, 0.15) is 0 Å². The number of carbonyl (C=O) groups is 2. The Morgan fingerprint density at radius 3 is 2.89 bits per heavy atom. The van der Waals surface area contributed by atoms with E-state index >= 15 is 0 Å². The van der Waals surface area contributed by atoms with Crippen molar-refractivity contribution in [3.63, 3.8) is 0 Å². The summed E-state index contributed by atoms with van der Waals surface area (Å²) in [7, 11) is 1.56. The molecule has 2 aromatic rings. The van der Waals surface area contributed by atoms with E-state index < -0.39 is 0 Å². The van der Waals surface area contributed by atoms with E-state index in [0.29, 0.717) is 30.2 Å². The van der Waals surface area contributed by atoms with Gasteiger partial charge in [-0.25, -0.2) is 0 Å². The smallest absolute Gasteiger partial charge is 0.257 e. The van der Waals surface area contributed by atoms with Crippen LogP contribution in [-0.4, -0.2) is 60.3 Å². The van der Waals surface area contributed by atoms with Gasteiger partial charge in [-0.1, -0.05) is 12.1 Å². The van der Waals surface area contributed by atoms with Crippen molar-refractivity contribution in [1.29, 1.82) is 0 Å². The summed E-state index contributed by atoms with van der Waals surface area (Å²) in [5, 5.41) is 9.37. The van der Waals surface area contributed by atoms with Crippen molar-refractivity contribution in [1.82, 2.24) is 20.4 Å². The second kappa shape index (κ2) is 9.07. The number of likely N-dealkylation sites (tertiary alicyclic amines) is 1. The molecule has 1 saturated heterocycles. The van der Waals surface area contributed by atoms with Gasteiger partial charge in [0.15, 0.2) is 18.1 Å².